The van der Waals surface area contributed by atoms with Crippen LogP contribution in [0.25, 0.3) is 11.4 Å². The largest absolute Gasteiger partial charge is 0.368 e. The van der Waals surface area contributed by atoms with E-state index in [1.165, 1.54) is 24.3 Å². The van der Waals surface area contributed by atoms with Gasteiger partial charge in [0.2, 0.25) is 11.7 Å². The highest BCUT2D eigenvalue weighted by Gasteiger charge is 2.23. The minimum Gasteiger partial charge on any atom is -0.368 e. The Morgan fingerprint density at radius 1 is 1.03 bits per heavy atom. The molecule has 0 unspecified atom stereocenters. The van der Waals surface area contributed by atoms with Gasteiger partial charge >= 0.3 is 0 Å². The quantitative estimate of drug-likeness (QED) is 0.274. The molecule has 36 heavy (non-hydrogen) atoms. The molecule has 0 bridgehead atoms. The van der Waals surface area contributed by atoms with Crippen molar-refractivity contribution in [3.05, 3.63) is 88.2 Å². The molecule has 4 aromatic rings. The van der Waals surface area contributed by atoms with Crippen molar-refractivity contribution in [2.45, 2.75) is 12.6 Å². The van der Waals surface area contributed by atoms with Crippen LogP contribution in [0.3, 0.4) is 0 Å². The van der Waals surface area contributed by atoms with Crippen LogP contribution in [-0.2, 0) is 11.3 Å². The predicted molar refractivity (Wildman–Crippen MR) is 124 cm³/mol. The maximum atomic E-state index is 13.3. The lowest BCUT2D eigenvalue weighted by Gasteiger charge is -2.16. The van der Waals surface area contributed by atoms with Gasteiger partial charge < -0.3 is 16.4 Å². The fourth-order valence-corrected chi connectivity index (χ4v) is 3.36. The summed E-state index contributed by atoms with van der Waals surface area (Å²) in [5, 5.41) is 18.6. The Bertz CT molecular complexity index is 1410. The third kappa shape index (κ3) is 5.64. The lowest BCUT2D eigenvalue weighted by atomic mass is 10.0. The minimum atomic E-state index is -1.17. The van der Waals surface area contributed by atoms with Crippen molar-refractivity contribution in [1.82, 2.24) is 41.2 Å². The third-order valence-corrected chi connectivity index (χ3v) is 5.27. The van der Waals surface area contributed by atoms with E-state index in [9.17, 15) is 18.8 Å². The van der Waals surface area contributed by atoms with Crippen LogP contribution < -0.4 is 16.4 Å². The van der Waals surface area contributed by atoms with Gasteiger partial charge in [0.25, 0.3) is 11.8 Å². The number of halogens is 2. The molecule has 0 spiro atoms. The average molecular weight is 510 g/mol. The number of nitrogens with zero attached hydrogens (tertiary/aromatic N) is 5. The van der Waals surface area contributed by atoms with Crippen molar-refractivity contribution < 1.29 is 18.8 Å². The molecule has 182 valence electrons. The van der Waals surface area contributed by atoms with E-state index >= 15 is 0 Å². The summed E-state index contributed by atoms with van der Waals surface area (Å²) in [5.74, 6) is -2.37. The van der Waals surface area contributed by atoms with Crippen molar-refractivity contribution >= 4 is 29.3 Å². The van der Waals surface area contributed by atoms with Crippen LogP contribution in [0.2, 0.25) is 5.02 Å². The van der Waals surface area contributed by atoms with Crippen LogP contribution in [0.15, 0.2) is 54.9 Å². The van der Waals surface area contributed by atoms with E-state index < -0.39 is 29.6 Å². The molecular weight excluding hydrogens is 493 g/mol. The number of aromatic amines is 1. The highest BCUT2D eigenvalue weighted by molar-refractivity contribution is 6.30. The molecular formula is C22H17ClFN9O3. The van der Waals surface area contributed by atoms with Gasteiger partial charge in [-0.3, -0.25) is 14.4 Å². The van der Waals surface area contributed by atoms with Gasteiger partial charge in [-0.05, 0) is 28.5 Å². The number of nitrogens with one attached hydrogen (secondary N) is 3. The van der Waals surface area contributed by atoms with Crippen LogP contribution in [0, 0.1) is 5.82 Å². The molecule has 0 radical (unpaired) electrons. The first-order chi connectivity index (χ1) is 17.3. The number of hydrogen-bond donors (Lipinski definition) is 4. The zero-order valence-corrected chi connectivity index (χ0v) is 19.0. The maximum absolute atomic E-state index is 13.3. The van der Waals surface area contributed by atoms with Crippen LogP contribution in [0.5, 0.6) is 0 Å². The van der Waals surface area contributed by atoms with Crippen molar-refractivity contribution in [3.63, 3.8) is 0 Å². The molecule has 0 aliphatic rings. The summed E-state index contributed by atoms with van der Waals surface area (Å²) >= 11 is 5.75. The maximum Gasteiger partial charge on any atom is 0.270 e. The Hall–Kier alpha value is -4.78. The number of carbonyl (C=O) groups is 3. The van der Waals surface area contributed by atoms with Gasteiger partial charge in [0, 0.05) is 18.2 Å². The summed E-state index contributed by atoms with van der Waals surface area (Å²) < 4.78 is 13.3. The Morgan fingerprint density at radius 3 is 2.39 bits per heavy atom. The zero-order valence-electron chi connectivity index (χ0n) is 18.3. The number of H-pyrrole nitrogens is 1. The van der Waals surface area contributed by atoms with E-state index in [0.29, 0.717) is 22.5 Å². The van der Waals surface area contributed by atoms with Crippen LogP contribution in [-0.4, -0.2) is 48.3 Å². The summed E-state index contributed by atoms with van der Waals surface area (Å²) in [4.78, 5) is 45.1. The zero-order chi connectivity index (χ0) is 25.7. The van der Waals surface area contributed by atoms with Crippen LogP contribution >= 0.6 is 11.6 Å². The number of hydrogen-bond acceptors (Lipinski definition) is 8. The van der Waals surface area contributed by atoms with Crippen molar-refractivity contribution in [3.8, 4) is 11.4 Å². The van der Waals surface area contributed by atoms with Gasteiger partial charge in [0.15, 0.2) is 0 Å². The van der Waals surface area contributed by atoms with E-state index in [4.69, 9.17) is 17.3 Å². The molecule has 2 heterocycles. The molecule has 4 rings (SSSR count). The third-order valence-electron chi connectivity index (χ3n) is 4.98. The van der Waals surface area contributed by atoms with E-state index in [1.54, 1.807) is 24.3 Å². The number of amides is 3. The summed E-state index contributed by atoms with van der Waals surface area (Å²) in [7, 11) is 0. The van der Waals surface area contributed by atoms with Crippen LogP contribution in [0.1, 0.15) is 38.1 Å². The van der Waals surface area contributed by atoms with Gasteiger partial charge in [-0.15, -0.1) is 10.2 Å². The van der Waals surface area contributed by atoms with E-state index in [-0.39, 0.29) is 23.0 Å². The SMILES string of the molecule is NC(=O)[C@H](NC(=O)c1cc(C(=O)NCc2ccc(F)c(Cl)c2)ncn1)c1ccc(-c2nn[nH]n2)cc1. The lowest BCUT2D eigenvalue weighted by molar-refractivity contribution is -0.120. The number of aromatic nitrogens is 6. The topological polar surface area (TPSA) is 182 Å². The molecule has 0 saturated carbocycles. The van der Waals surface area contributed by atoms with Crippen molar-refractivity contribution in [1.29, 1.82) is 0 Å². The first kappa shape index (κ1) is 24.3. The molecule has 0 fully saturated rings. The van der Waals surface area contributed by atoms with E-state index in [2.05, 4.69) is 41.2 Å². The minimum absolute atomic E-state index is 0.0496. The fraction of sp³-hybridized carbons (Fsp3) is 0.0909. The first-order valence-corrected chi connectivity index (χ1v) is 10.7. The molecule has 0 saturated heterocycles. The summed E-state index contributed by atoms with van der Waals surface area (Å²) in [6.07, 6.45) is 1.04. The van der Waals surface area contributed by atoms with Gasteiger partial charge in [-0.2, -0.15) is 5.21 Å². The van der Waals surface area contributed by atoms with Crippen LogP contribution in [0.4, 0.5) is 4.39 Å². The van der Waals surface area contributed by atoms with E-state index in [1.807, 2.05) is 0 Å². The highest BCUT2D eigenvalue weighted by Crippen LogP contribution is 2.19. The standard InChI is InChI=1S/C22H17ClFN9O3/c23-14-7-11(1-6-15(14)24)9-26-21(35)16-8-17(28-10-27-16)22(36)29-18(19(25)34)12-2-4-13(5-3-12)20-30-32-33-31-20/h1-8,10,18H,9H2,(H2,25,34)(H,26,35)(H,29,36)(H,30,31,32,33)/t18-/m1/s1. The molecule has 5 N–H and O–H groups in total. The number of rotatable bonds is 8. The molecule has 3 amide bonds. The Balaban J connectivity index is 1.44. The summed E-state index contributed by atoms with van der Waals surface area (Å²) in [6.45, 7) is 0.0496. The molecule has 0 aliphatic heterocycles. The molecule has 12 nitrogen and oxygen atoms in total. The lowest BCUT2D eigenvalue weighted by Crippen LogP contribution is -2.38. The highest BCUT2D eigenvalue weighted by atomic mass is 35.5. The fourth-order valence-electron chi connectivity index (χ4n) is 3.16. The summed E-state index contributed by atoms with van der Waals surface area (Å²) in [6, 6.07) is 10.5. The molecule has 0 aliphatic carbocycles. The number of nitrogens with two attached hydrogens (primary N) is 1. The van der Waals surface area contributed by atoms with E-state index in [0.717, 1.165) is 6.33 Å². The van der Waals surface area contributed by atoms with Crippen molar-refractivity contribution in [2.75, 3.05) is 0 Å². The Labute approximate surface area is 207 Å². The van der Waals surface area contributed by atoms with Gasteiger partial charge in [-0.25, -0.2) is 14.4 Å². The smallest absolute Gasteiger partial charge is 0.270 e. The Kier molecular flexibility index (Phi) is 7.20. The molecule has 14 heteroatoms. The average Bonchev–Trinajstić information content (AvgIpc) is 3.43. The number of benzene rings is 2. The molecule has 1 atom stereocenters. The monoisotopic (exact) mass is 509 g/mol. The van der Waals surface area contributed by atoms with Crippen molar-refractivity contribution in [2.24, 2.45) is 5.73 Å². The second-order valence-electron chi connectivity index (χ2n) is 7.39. The predicted octanol–water partition coefficient (Wildman–Crippen LogP) is 1.34. The second-order valence-corrected chi connectivity index (χ2v) is 7.79. The van der Waals surface area contributed by atoms with Gasteiger partial charge in [0.1, 0.15) is 29.6 Å². The molecule has 2 aromatic heterocycles. The normalized spacial score (nSPS) is 11.5. The Morgan fingerprint density at radius 2 is 1.75 bits per heavy atom. The van der Waals surface area contributed by atoms with Gasteiger partial charge in [0.05, 0.1) is 5.02 Å². The van der Waals surface area contributed by atoms with Gasteiger partial charge in [-0.1, -0.05) is 41.9 Å². The second kappa shape index (κ2) is 10.7. The number of carbonyl (C=O) groups excluding carboxylic acids is 3. The number of tetrazole rings is 1. The molecule has 2 aromatic carbocycles. The number of primary amides is 1. The first-order valence-electron chi connectivity index (χ1n) is 10.3. The summed E-state index contributed by atoms with van der Waals surface area (Å²) in [5.41, 5.74) is 6.86.